The molecule has 69 heavy (non-hydrogen) atoms. The Hall–Kier alpha value is -5.91. The zero-order valence-electron chi connectivity index (χ0n) is 40.8. The van der Waals surface area contributed by atoms with Gasteiger partial charge < -0.3 is 46.9 Å². The van der Waals surface area contributed by atoms with Crippen LogP contribution in [0, 0.1) is 17.2 Å². The van der Waals surface area contributed by atoms with Crippen molar-refractivity contribution in [2.24, 2.45) is 22.8 Å². The minimum Gasteiger partial charge on any atom is -0.497 e. The number of carboxylic acids is 1. The van der Waals surface area contributed by atoms with Gasteiger partial charge in [-0.25, -0.2) is 4.39 Å². The number of ether oxygens (including phenoxy) is 2. The number of methoxy groups -OCH3 is 1. The zero-order valence-corrected chi connectivity index (χ0v) is 40.8. The average molecular weight is 956 g/mol. The molecule has 3 aromatic carbocycles. The van der Waals surface area contributed by atoms with Gasteiger partial charge in [0.05, 0.1) is 19.2 Å². The molecule has 0 radical (unpaired) electrons. The Labute approximate surface area is 406 Å². The summed E-state index contributed by atoms with van der Waals surface area (Å²) >= 11 is 0. The molecule has 0 unspecified atom stereocenters. The van der Waals surface area contributed by atoms with Crippen molar-refractivity contribution in [3.63, 3.8) is 0 Å². The van der Waals surface area contributed by atoms with Crippen molar-refractivity contribution < 1.29 is 38.1 Å². The predicted octanol–water partition coefficient (Wildman–Crippen LogP) is 5.75. The molecule has 1 heterocycles. The second-order valence-electron chi connectivity index (χ2n) is 18.9. The van der Waals surface area contributed by atoms with Crippen molar-refractivity contribution in [3.8, 4) is 22.6 Å². The fourth-order valence-corrected chi connectivity index (χ4v) is 8.61. The number of halogens is 1. The van der Waals surface area contributed by atoms with Crippen LogP contribution in [0.1, 0.15) is 106 Å². The minimum absolute atomic E-state index is 0.0265. The Bertz CT molecular complexity index is 2240. The summed E-state index contributed by atoms with van der Waals surface area (Å²) in [4.78, 5) is 50.5. The summed E-state index contributed by atoms with van der Waals surface area (Å²) in [6.07, 6.45) is 10.0. The standard InChI is InChI=1S/C52H74FN9O7/c1-52(2,36-62-34-41(59-60-62)10-6-4-5-7-12-48(63)58-25-28-61(26-19-49(64)56-23-21-54)27-20-50(65)57-24-22-55)33-40-29-37(13-17-44(40)46-31-42(68-3)16-18-47(46)53)35-69-43-11-8-9-39(30-43)45(32-51(66)67)38-14-15-38/h8-9,11,13,16-18,29-31,34,38,45H,4-7,10,12,14-15,19-28,32-33,35-36,54-55H2,1-3H3,(H,56,64)(H,57,65)(H,58,63)(H,66,67)/t45-/m0/s1. The Morgan fingerprint density at radius 2 is 1.54 bits per heavy atom. The van der Waals surface area contributed by atoms with Gasteiger partial charge in [0.25, 0.3) is 0 Å². The number of benzene rings is 3. The average Bonchev–Trinajstić information content (AvgIpc) is 4.08. The molecule has 0 saturated heterocycles. The highest BCUT2D eigenvalue weighted by molar-refractivity contribution is 5.77. The van der Waals surface area contributed by atoms with Crippen LogP contribution < -0.4 is 36.9 Å². The molecule has 1 saturated carbocycles. The van der Waals surface area contributed by atoms with Gasteiger partial charge >= 0.3 is 5.97 Å². The SMILES string of the molecule is COc1ccc(F)c(-c2ccc(COc3cccc([C@@H](CC(=O)O)C4CC4)c3)cc2CC(C)(C)Cn2cc(CCCCCCC(=O)NCCN(CCC(=O)NCCN)CCC(=O)NCCN)nn2)c1. The van der Waals surface area contributed by atoms with E-state index in [4.69, 9.17) is 20.9 Å². The Balaban J connectivity index is 1.10. The first-order chi connectivity index (χ1) is 33.2. The molecule has 16 nitrogen and oxygen atoms in total. The third-order valence-electron chi connectivity index (χ3n) is 12.3. The van der Waals surface area contributed by atoms with Crippen molar-refractivity contribution in [1.29, 1.82) is 0 Å². The van der Waals surface area contributed by atoms with E-state index in [2.05, 4.69) is 46.2 Å². The van der Waals surface area contributed by atoms with Crippen LogP contribution in [0.2, 0.25) is 0 Å². The fourth-order valence-electron chi connectivity index (χ4n) is 8.61. The number of nitrogens with one attached hydrogen (secondary N) is 3. The molecule has 1 atom stereocenters. The molecule has 0 aliphatic heterocycles. The number of aliphatic carboxylic acids is 1. The maximum Gasteiger partial charge on any atom is 0.303 e. The molecule has 8 N–H and O–H groups in total. The van der Waals surface area contributed by atoms with Gasteiger partial charge in [0.2, 0.25) is 17.7 Å². The molecule has 1 aliphatic rings. The van der Waals surface area contributed by atoms with Gasteiger partial charge in [0.15, 0.2) is 0 Å². The summed E-state index contributed by atoms with van der Waals surface area (Å²) in [6.45, 7) is 8.57. The van der Waals surface area contributed by atoms with Gasteiger partial charge in [0, 0.05) is 89.9 Å². The van der Waals surface area contributed by atoms with Crippen LogP contribution in [0.5, 0.6) is 11.5 Å². The smallest absolute Gasteiger partial charge is 0.303 e. The highest BCUT2D eigenvalue weighted by Crippen LogP contribution is 2.45. The number of aryl methyl sites for hydroxylation is 1. The van der Waals surface area contributed by atoms with Crippen LogP contribution in [-0.4, -0.2) is 108 Å². The van der Waals surface area contributed by atoms with Gasteiger partial charge in [0.1, 0.15) is 23.9 Å². The Morgan fingerprint density at radius 1 is 0.841 bits per heavy atom. The number of amides is 3. The number of carbonyl (C=O) groups is 4. The van der Waals surface area contributed by atoms with Crippen LogP contribution in [-0.2, 0) is 45.2 Å². The molecular weight excluding hydrogens is 882 g/mol. The van der Waals surface area contributed by atoms with E-state index in [1.165, 1.54) is 6.07 Å². The lowest BCUT2D eigenvalue weighted by Crippen LogP contribution is -2.40. The van der Waals surface area contributed by atoms with Crippen molar-refractivity contribution in [3.05, 3.63) is 95.1 Å². The summed E-state index contributed by atoms with van der Waals surface area (Å²) in [5.74, 6) is 0.211. The van der Waals surface area contributed by atoms with Crippen LogP contribution in [0.25, 0.3) is 11.1 Å². The first kappa shape index (κ1) is 54.0. The molecule has 5 rings (SSSR count). The number of unbranched alkanes of at least 4 members (excludes halogenated alkanes) is 3. The van der Waals surface area contributed by atoms with Crippen LogP contribution in [0.4, 0.5) is 4.39 Å². The molecule has 4 aromatic rings. The van der Waals surface area contributed by atoms with E-state index in [1.807, 2.05) is 52.2 Å². The summed E-state index contributed by atoms with van der Waals surface area (Å²) in [7, 11) is 1.56. The number of hydrogen-bond donors (Lipinski definition) is 6. The first-order valence-corrected chi connectivity index (χ1v) is 24.5. The van der Waals surface area contributed by atoms with E-state index in [0.29, 0.717) is 94.7 Å². The third kappa shape index (κ3) is 19.2. The second-order valence-corrected chi connectivity index (χ2v) is 18.9. The number of aromatic nitrogens is 3. The van der Waals surface area contributed by atoms with E-state index in [0.717, 1.165) is 72.9 Å². The van der Waals surface area contributed by atoms with Crippen LogP contribution in [0.3, 0.4) is 0 Å². The Morgan fingerprint density at radius 3 is 2.22 bits per heavy atom. The summed E-state index contributed by atoms with van der Waals surface area (Å²) in [5.41, 5.74) is 15.6. The molecule has 0 spiro atoms. The summed E-state index contributed by atoms with van der Waals surface area (Å²) in [5, 5.41) is 27.0. The lowest BCUT2D eigenvalue weighted by atomic mass is 9.82. The lowest BCUT2D eigenvalue weighted by molar-refractivity contribution is -0.137. The highest BCUT2D eigenvalue weighted by Gasteiger charge is 2.34. The monoisotopic (exact) mass is 956 g/mol. The Kier molecular flexibility index (Phi) is 21.9. The van der Waals surface area contributed by atoms with Crippen LogP contribution in [0.15, 0.2) is 66.9 Å². The summed E-state index contributed by atoms with van der Waals surface area (Å²) < 4.78 is 29.1. The largest absolute Gasteiger partial charge is 0.497 e. The normalized spacial score (nSPS) is 13.0. The quantitative estimate of drug-likeness (QED) is 0.0314. The van der Waals surface area contributed by atoms with Gasteiger partial charge in [-0.1, -0.05) is 62.2 Å². The highest BCUT2D eigenvalue weighted by atomic mass is 19.1. The molecule has 3 amide bonds. The van der Waals surface area contributed by atoms with Gasteiger partial charge in [-0.3, -0.25) is 23.9 Å². The van der Waals surface area contributed by atoms with Crippen molar-refractivity contribution >= 4 is 23.7 Å². The predicted molar refractivity (Wildman–Crippen MR) is 264 cm³/mol. The molecule has 0 bridgehead atoms. The number of rotatable bonds is 33. The zero-order chi connectivity index (χ0) is 49.6. The molecule has 1 fully saturated rings. The topological polar surface area (TPSA) is 229 Å². The molecule has 17 heteroatoms. The van der Waals surface area contributed by atoms with Gasteiger partial charge in [-0.2, -0.15) is 0 Å². The van der Waals surface area contributed by atoms with Gasteiger partial charge in [-0.15, -0.1) is 5.10 Å². The van der Waals surface area contributed by atoms with E-state index < -0.39 is 5.97 Å². The van der Waals surface area contributed by atoms with E-state index in [1.54, 1.807) is 19.2 Å². The maximum absolute atomic E-state index is 15.5. The van der Waals surface area contributed by atoms with E-state index in [9.17, 15) is 24.3 Å². The molecule has 1 aliphatic carbocycles. The molecular formula is C52H74FN9O7. The molecule has 376 valence electrons. The molecule has 1 aromatic heterocycles. The van der Waals surface area contributed by atoms with Crippen molar-refractivity contribution in [2.45, 2.75) is 110 Å². The number of carboxylic acid groups (broad SMARTS) is 1. The maximum atomic E-state index is 15.5. The lowest BCUT2D eigenvalue weighted by Gasteiger charge is -2.26. The summed E-state index contributed by atoms with van der Waals surface area (Å²) in [6, 6.07) is 18.5. The number of nitrogens with zero attached hydrogens (tertiary/aromatic N) is 4. The first-order valence-electron chi connectivity index (χ1n) is 24.5. The van der Waals surface area contributed by atoms with Crippen molar-refractivity contribution in [1.82, 2.24) is 35.8 Å². The van der Waals surface area contributed by atoms with E-state index >= 15 is 4.39 Å². The van der Waals surface area contributed by atoms with Crippen molar-refractivity contribution in [2.75, 3.05) is 59.5 Å². The van der Waals surface area contributed by atoms with Crippen LogP contribution >= 0.6 is 0 Å². The fraction of sp³-hybridized carbons (Fsp3) is 0.538. The number of nitrogens with two attached hydrogens (primary N) is 2. The second kappa shape index (κ2) is 27.9. The number of carbonyl (C=O) groups excluding carboxylic acids is 3. The van der Waals surface area contributed by atoms with Gasteiger partial charge in [-0.05, 0) is 108 Å². The number of hydrogen-bond acceptors (Lipinski definition) is 11. The minimum atomic E-state index is -0.798. The third-order valence-corrected chi connectivity index (χ3v) is 12.3. The van der Waals surface area contributed by atoms with E-state index in [-0.39, 0.29) is 60.7 Å².